The van der Waals surface area contributed by atoms with E-state index in [1.165, 1.54) is 25.3 Å². The van der Waals surface area contributed by atoms with Crippen LogP contribution in [0.5, 0.6) is 0 Å². The van der Waals surface area contributed by atoms with Crippen molar-refractivity contribution in [2.75, 3.05) is 19.7 Å². The highest BCUT2D eigenvalue weighted by Gasteiger charge is 2.47. The number of rotatable bonds is 8. The van der Waals surface area contributed by atoms with Gasteiger partial charge in [-0.15, -0.1) is 0 Å². The van der Waals surface area contributed by atoms with Gasteiger partial charge in [-0.3, -0.25) is 9.69 Å². The first-order valence-electron chi connectivity index (χ1n) is 12.9. The molecule has 0 spiro atoms. The zero-order chi connectivity index (χ0) is 24.9. The Hall–Kier alpha value is -1.60. The third kappa shape index (κ3) is 6.14. The minimum absolute atomic E-state index is 0.0195. The minimum Gasteiger partial charge on any atom is -0.363 e. The second-order valence-corrected chi connectivity index (χ2v) is 10.3. The Morgan fingerprint density at radius 1 is 1.18 bits per heavy atom. The number of benzene rings is 1. The molecule has 192 valence electrons. The number of likely N-dealkylation sites (tertiary alicyclic amines) is 1. The molecule has 3 rings (SSSR count). The summed E-state index contributed by atoms with van der Waals surface area (Å²) in [5, 5.41) is 2.88. The van der Waals surface area contributed by atoms with Crippen LogP contribution < -0.4 is 5.32 Å². The Labute approximate surface area is 202 Å². The van der Waals surface area contributed by atoms with Crippen LogP contribution in [0.2, 0.25) is 0 Å². The van der Waals surface area contributed by atoms with Crippen molar-refractivity contribution < 1.29 is 22.7 Å². The fourth-order valence-electron chi connectivity index (χ4n) is 5.57. The van der Waals surface area contributed by atoms with Crippen molar-refractivity contribution in [2.24, 2.45) is 17.8 Å². The molecule has 3 unspecified atom stereocenters. The van der Waals surface area contributed by atoms with E-state index in [0.717, 1.165) is 49.9 Å². The number of halogens is 3. The molecular formula is C27H41F3N2O2. The predicted molar refractivity (Wildman–Crippen MR) is 128 cm³/mol. The van der Waals surface area contributed by atoms with Gasteiger partial charge in [0.25, 0.3) is 5.91 Å². The number of ether oxygens (including phenoxy) is 1. The first-order chi connectivity index (χ1) is 16.1. The standard InChI is InChI=1S/C27H41F3N2O2/c1-5-19(3)22-11-14-32(15-12-22)24-10-13-26(34-18-24,20(4)6-2)25(33)31-17-21-8-7-9-23(16-21)27(28,29)30/h7-9,16,19-20,22,24H,5-6,10-15,17-18H2,1-4H3,(H,31,33)/t19?,20?,24?,26-/m0/s1. The lowest BCUT2D eigenvalue weighted by atomic mass is 9.78. The molecule has 0 aliphatic carbocycles. The molecule has 0 radical (unpaired) electrons. The van der Waals surface area contributed by atoms with Gasteiger partial charge < -0.3 is 10.1 Å². The number of hydrogen-bond acceptors (Lipinski definition) is 3. The molecule has 34 heavy (non-hydrogen) atoms. The molecule has 4 atom stereocenters. The van der Waals surface area contributed by atoms with E-state index < -0.39 is 17.3 Å². The molecule has 2 saturated heterocycles. The molecular weight excluding hydrogens is 441 g/mol. The van der Waals surface area contributed by atoms with E-state index >= 15 is 0 Å². The summed E-state index contributed by atoms with van der Waals surface area (Å²) in [6.07, 6.45) is 1.59. The van der Waals surface area contributed by atoms with Crippen molar-refractivity contribution in [1.29, 1.82) is 0 Å². The lowest BCUT2D eigenvalue weighted by Gasteiger charge is -2.47. The lowest BCUT2D eigenvalue weighted by molar-refractivity contribution is -0.172. The predicted octanol–water partition coefficient (Wildman–Crippen LogP) is 6.04. The van der Waals surface area contributed by atoms with E-state index in [-0.39, 0.29) is 18.4 Å². The minimum atomic E-state index is -4.40. The van der Waals surface area contributed by atoms with Crippen LogP contribution in [0.15, 0.2) is 24.3 Å². The van der Waals surface area contributed by atoms with Crippen LogP contribution in [0.3, 0.4) is 0 Å². The summed E-state index contributed by atoms with van der Waals surface area (Å²) in [6, 6.07) is 5.44. The molecule has 1 aromatic rings. The Bertz CT molecular complexity index is 797. The molecule has 0 saturated carbocycles. The Kier molecular flexibility index (Phi) is 9.07. The van der Waals surface area contributed by atoms with Crippen LogP contribution in [0.4, 0.5) is 13.2 Å². The molecule has 4 nitrogen and oxygen atoms in total. The third-order valence-corrected chi connectivity index (χ3v) is 8.42. The Morgan fingerprint density at radius 2 is 1.88 bits per heavy atom. The summed E-state index contributed by atoms with van der Waals surface area (Å²) < 4.78 is 45.5. The molecule has 2 heterocycles. The van der Waals surface area contributed by atoms with Crippen molar-refractivity contribution >= 4 is 5.91 Å². The second kappa shape index (κ2) is 11.4. The van der Waals surface area contributed by atoms with Crippen LogP contribution in [0, 0.1) is 17.8 Å². The van der Waals surface area contributed by atoms with Gasteiger partial charge in [0.05, 0.1) is 12.2 Å². The average Bonchev–Trinajstić information content (AvgIpc) is 2.86. The molecule has 1 amide bonds. The smallest absolute Gasteiger partial charge is 0.363 e. The third-order valence-electron chi connectivity index (χ3n) is 8.42. The van der Waals surface area contributed by atoms with Gasteiger partial charge in [0, 0.05) is 12.6 Å². The zero-order valence-corrected chi connectivity index (χ0v) is 21.1. The van der Waals surface area contributed by atoms with E-state index in [9.17, 15) is 18.0 Å². The number of piperidine rings is 1. The average molecular weight is 483 g/mol. The normalized spacial score (nSPS) is 26.7. The number of carbonyl (C=O) groups excluding carboxylic acids is 1. The van der Waals surface area contributed by atoms with Crippen molar-refractivity contribution in [3.05, 3.63) is 35.4 Å². The van der Waals surface area contributed by atoms with Crippen LogP contribution in [0.1, 0.15) is 77.3 Å². The number of nitrogens with zero attached hydrogens (tertiary/aromatic N) is 1. The maximum Gasteiger partial charge on any atom is 0.416 e. The number of carbonyl (C=O) groups is 1. The van der Waals surface area contributed by atoms with Crippen LogP contribution in [-0.2, 0) is 22.3 Å². The monoisotopic (exact) mass is 482 g/mol. The number of amides is 1. The largest absolute Gasteiger partial charge is 0.416 e. The molecule has 1 aromatic carbocycles. The lowest BCUT2D eigenvalue weighted by Crippen LogP contribution is -2.59. The van der Waals surface area contributed by atoms with Crippen molar-refractivity contribution in [3.8, 4) is 0 Å². The number of hydrogen-bond donors (Lipinski definition) is 1. The van der Waals surface area contributed by atoms with Crippen molar-refractivity contribution in [2.45, 2.75) is 90.6 Å². The first kappa shape index (κ1) is 27.0. The summed E-state index contributed by atoms with van der Waals surface area (Å²) in [5.74, 6) is 1.37. The quantitative estimate of drug-likeness (QED) is 0.491. The summed E-state index contributed by atoms with van der Waals surface area (Å²) in [7, 11) is 0. The van der Waals surface area contributed by atoms with E-state index in [4.69, 9.17) is 4.74 Å². The fraction of sp³-hybridized carbons (Fsp3) is 0.741. The molecule has 0 aromatic heterocycles. The summed E-state index contributed by atoms with van der Waals surface area (Å²) in [5.41, 5.74) is -1.20. The van der Waals surface area contributed by atoms with Gasteiger partial charge in [0.15, 0.2) is 0 Å². The van der Waals surface area contributed by atoms with Crippen molar-refractivity contribution in [1.82, 2.24) is 10.2 Å². The van der Waals surface area contributed by atoms with E-state index in [1.807, 2.05) is 13.8 Å². The number of nitrogens with one attached hydrogen (secondary N) is 1. The Morgan fingerprint density at radius 3 is 2.44 bits per heavy atom. The van der Waals surface area contributed by atoms with Crippen LogP contribution in [-0.4, -0.2) is 42.1 Å². The molecule has 2 fully saturated rings. The topological polar surface area (TPSA) is 41.6 Å². The van der Waals surface area contributed by atoms with Gasteiger partial charge >= 0.3 is 6.18 Å². The highest BCUT2D eigenvalue weighted by Crippen LogP contribution is 2.37. The zero-order valence-electron chi connectivity index (χ0n) is 21.1. The SMILES string of the molecule is CCC(C)C1CCN(C2CC[C@@](C(=O)NCc3cccc(C(F)(F)F)c3)(C(C)CC)OC2)CC1. The molecule has 0 bridgehead atoms. The summed E-state index contributed by atoms with van der Waals surface area (Å²) in [6.45, 7) is 11.4. The summed E-state index contributed by atoms with van der Waals surface area (Å²) in [4.78, 5) is 15.9. The van der Waals surface area contributed by atoms with Gasteiger partial charge in [-0.2, -0.15) is 13.2 Å². The van der Waals surface area contributed by atoms with Gasteiger partial charge in [0.1, 0.15) is 5.60 Å². The van der Waals surface area contributed by atoms with Crippen LogP contribution in [0.25, 0.3) is 0 Å². The van der Waals surface area contributed by atoms with Gasteiger partial charge in [-0.05, 0) is 74.2 Å². The summed E-state index contributed by atoms with van der Waals surface area (Å²) >= 11 is 0. The van der Waals surface area contributed by atoms with Gasteiger partial charge in [-0.25, -0.2) is 0 Å². The second-order valence-electron chi connectivity index (χ2n) is 10.3. The maximum absolute atomic E-state index is 13.3. The maximum atomic E-state index is 13.3. The van der Waals surface area contributed by atoms with Gasteiger partial charge in [0.2, 0.25) is 0 Å². The molecule has 1 N–H and O–H groups in total. The Balaban J connectivity index is 1.60. The fourth-order valence-corrected chi connectivity index (χ4v) is 5.57. The molecule has 2 aliphatic heterocycles. The molecule has 2 aliphatic rings. The van der Waals surface area contributed by atoms with E-state index in [2.05, 4.69) is 24.1 Å². The van der Waals surface area contributed by atoms with E-state index in [1.54, 1.807) is 6.07 Å². The molecule has 7 heteroatoms. The van der Waals surface area contributed by atoms with Crippen LogP contribution >= 0.6 is 0 Å². The number of alkyl halides is 3. The van der Waals surface area contributed by atoms with Gasteiger partial charge in [-0.1, -0.05) is 52.7 Å². The van der Waals surface area contributed by atoms with Crippen molar-refractivity contribution in [3.63, 3.8) is 0 Å². The first-order valence-corrected chi connectivity index (χ1v) is 12.9. The highest BCUT2D eigenvalue weighted by molar-refractivity contribution is 5.85. The van der Waals surface area contributed by atoms with E-state index in [0.29, 0.717) is 24.6 Å². The highest BCUT2D eigenvalue weighted by atomic mass is 19.4.